The average Bonchev–Trinajstić information content (AvgIpc) is 2.17. The van der Waals surface area contributed by atoms with Crippen LogP contribution in [0.4, 0.5) is 0 Å². The Morgan fingerprint density at radius 2 is 2.00 bits per heavy atom. The van der Waals surface area contributed by atoms with Crippen LogP contribution in [0, 0.1) is 0 Å². The van der Waals surface area contributed by atoms with Crippen molar-refractivity contribution < 1.29 is 0 Å². The van der Waals surface area contributed by atoms with Gasteiger partial charge in [-0.05, 0) is 17.2 Å². The van der Waals surface area contributed by atoms with Crippen molar-refractivity contribution in [1.82, 2.24) is 0 Å². The summed E-state index contributed by atoms with van der Waals surface area (Å²) in [7, 11) is 1.84. The molecule has 0 atom stereocenters. The van der Waals surface area contributed by atoms with Gasteiger partial charge in [-0.1, -0.05) is 30.3 Å². The van der Waals surface area contributed by atoms with Crippen LogP contribution in [0.3, 0.4) is 0 Å². The Kier molecular flexibility index (Phi) is 1.78. The fourth-order valence-corrected chi connectivity index (χ4v) is 1.45. The van der Waals surface area contributed by atoms with Crippen LogP contribution in [0.15, 0.2) is 35.3 Å². The minimum absolute atomic E-state index is 0.975. The molecule has 2 rings (SSSR count). The van der Waals surface area contributed by atoms with E-state index in [0.717, 1.165) is 12.1 Å². The number of hydrogen-bond donors (Lipinski definition) is 0. The molecular weight excluding hydrogens is 146 g/mol. The monoisotopic (exact) mass is 157 g/mol. The number of aliphatic imine (C=N–C) groups is 1. The molecule has 0 unspecified atom stereocenters. The van der Waals surface area contributed by atoms with Gasteiger partial charge in [0, 0.05) is 19.2 Å². The van der Waals surface area contributed by atoms with Crippen LogP contribution >= 0.6 is 0 Å². The molecule has 0 bridgehead atoms. The van der Waals surface area contributed by atoms with E-state index in [0.29, 0.717) is 0 Å². The van der Waals surface area contributed by atoms with Crippen LogP contribution in [-0.4, -0.2) is 12.8 Å². The van der Waals surface area contributed by atoms with E-state index >= 15 is 0 Å². The van der Waals surface area contributed by atoms with Gasteiger partial charge in [-0.25, -0.2) is 0 Å². The van der Waals surface area contributed by atoms with Crippen LogP contribution in [0.25, 0.3) is 6.08 Å². The zero-order chi connectivity index (χ0) is 8.39. The summed E-state index contributed by atoms with van der Waals surface area (Å²) in [4.78, 5) is 4.18. The molecule has 0 heterocycles. The molecule has 0 amide bonds. The van der Waals surface area contributed by atoms with Gasteiger partial charge in [-0.3, -0.25) is 4.99 Å². The number of rotatable bonds is 0. The van der Waals surface area contributed by atoms with E-state index < -0.39 is 0 Å². The molecule has 0 N–H and O–H groups in total. The van der Waals surface area contributed by atoms with Crippen molar-refractivity contribution in [3.05, 3.63) is 41.5 Å². The van der Waals surface area contributed by atoms with Crippen molar-refractivity contribution in [2.75, 3.05) is 7.05 Å². The molecule has 0 aliphatic heterocycles. The first kappa shape index (κ1) is 7.29. The Labute approximate surface area is 72.5 Å². The Morgan fingerprint density at radius 3 is 2.83 bits per heavy atom. The zero-order valence-electron chi connectivity index (χ0n) is 7.12. The normalized spacial score (nSPS) is 17.9. The highest BCUT2D eigenvalue weighted by molar-refractivity contribution is 6.02. The Balaban J connectivity index is 2.46. The molecule has 1 heteroatoms. The summed E-state index contributed by atoms with van der Waals surface area (Å²) in [5, 5.41) is 0. The molecule has 12 heavy (non-hydrogen) atoms. The predicted octanol–water partition coefficient (Wildman–Crippen LogP) is 2.33. The molecule has 0 aromatic heterocycles. The fraction of sp³-hybridized carbons (Fsp3) is 0.182. The number of nitrogens with zero attached hydrogens (tertiary/aromatic N) is 1. The second-order valence-electron chi connectivity index (χ2n) is 2.92. The predicted molar refractivity (Wildman–Crippen MR) is 52.5 cm³/mol. The van der Waals surface area contributed by atoms with Crippen molar-refractivity contribution >= 4 is 11.8 Å². The van der Waals surface area contributed by atoms with E-state index in [1.807, 2.05) is 7.05 Å². The zero-order valence-corrected chi connectivity index (χ0v) is 7.12. The van der Waals surface area contributed by atoms with Gasteiger partial charge in [0.05, 0.1) is 0 Å². The topological polar surface area (TPSA) is 12.4 Å². The minimum Gasteiger partial charge on any atom is -0.293 e. The Hall–Kier alpha value is -1.37. The molecule has 60 valence electrons. The largest absolute Gasteiger partial charge is 0.293 e. The number of fused-ring (bicyclic) bond motifs is 1. The van der Waals surface area contributed by atoms with E-state index in [2.05, 4.69) is 41.4 Å². The van der Waals surface area contributed by atoms with Crippen LogP contribution in [0.2, 0.25) is 0 Å². The number of hydrogen-bond acceptors (Lipinski definition) is 1. The van der Waals surface area contributed by atoms with E-state index in [4.69, 9.17) is 0 Å². The summed E-state index contributed by atoms with van der Waals surface area (Å²) < 4.78 is 0. The quantitative estimate of drug-likeness (QED) is 0.548. The molecule has 0 saturated heterocycles. The lowest BCUT2D eigenvalue weighted by atomic mass is 9.96. The van der Waals surface area contributed by atoms with Crippen molar-refractivity contribution in [1.29, 1.82) is 0 Å². The molecule has 0 saturated carbocycles. The summed E-state index contributed by atoms with van der Waals surface area (Å²) in [6.45, 7) is 0. The Bertz CT molecular complexity index is 348. The van der Waals surface area contributed by atoms with Gasteiger partial charge in [0.25, 0.3) is 0 Å². The molecule has 1 aromatic carbocycles. The smallest absolute Gasteiger partial charge is 0.0389 e. The SMILES string of the molecule is CN=C1C=Cc2ccccc2C1. The van der Waals surface area contributed by atoms with Crippen LogP contribution in [-0.2, 0) is 6.42 Å². The van der Waals surface area contributed by atoms with Gasteiger partial charge in [0.1, 0.15) is 0 Å². The maximum atomic E-state index is 4.18. The van der Waals surface area contributed by atoms with Gasteiger partial charge in [-0.15, -0.1) is 0 Å². The highest BCUT2D eigenvalue weighted by atomic mass is 14.7. The Morgan fingerprint density at radius 1 is 1.17 bits per heavy atom. The lowest BCUT2D eigenvalue weighted by molar-refractivity contribution is 1.27. The summed E-state index contributed by atoms with van der Waals surface area (Å²) in [5.74, 6) is 0. The maximum absolute atomic E-state index is 4.18. The van der Waals surface area contributed by atoms with E-state index in [1.165, 1.54) is 11.1 Å². The molecule has 1 nitrogen and oxygen atoms in total. The molecule has 0 fully saturated rings. The van der Waals surface area contributed by atoms with E-state index in [1.54, 1.807) is 0 Å². The third-order valence-electron chi connectivity index (χ3n) is 2.17. The lowest BCUT2D eigenvalue weighted by Gasteiger charge is -2.10. The fourth-order valence-electron chi connectivity index (χ4n) is 1.45. The molecule has 1 aliphatic carbocycles. The van der Waals surface area contributed by atoms with Crippen LogP contribution < -0.4 is 0 Å². The summed E-state index contributed by atoms with van der Waals surface area (Å²) in [6.07, 6.45) is 5.19. The van der Waals surface area contributed by atoms with Crippen LogP contribution in [0.1, 0.15) is 11.1 Å². The third-order valence-corrected chi connectivity index (χ3v) is 2.17. The van der Waals surface area contributed by atoms with E-state index in [-0.39, 0.29) is 0 Å². The highest BCUT2D eigenvalue weighted by Crippen LogP contribution is 2.16. The van der Waals surface area contributed by atoms with Crippen molar-refractivity contribution in [3.8, 4) is 0 Å². The van der Waals surface area contributed by atoms with Gasteiger partial charge >= 0.3 is 0 Å². The summed E-state index contributed by atoms with van der Waals surface area (Å²) >= 11 is 0. The van der Waals surface area contributed by atoms with Gasteiger partial charge in [0.2, 0.25) is 0 Å². The first-order chi connectivity index (χ1) is 5.90. The molecule has 0 radical (unpaired) electrons. The standard InChI is InChI=1S/C11H11N/c1-12-11-7-6-9-4-2-3-5-10(9)8-11/h2-7H,8H2,1H3. The van der Waals surface area contributed by atoms with Crippen molar-refractivity contribution in [3.63, 3.8) is 0 Å². The molecule has 1 aromatic rings. The first-order valence-corrected chi connectivity index (χ1v) is 4.12. The first-order valence-electron chi connectivity index (χ1n) is 4.12. The highest BCUT2D eigenvalue weighted by Gasteiger charge is 2.06. The lowest BCUT2D eigenvalue weighted by Crippen LogP contribution is -2.05. The summed E-state index contributed by atoms with van der Waals surface area (Å²) in [6, 6.07) is 8.44. The van der Waals surface area contributed by atoms with Gasteiger partial charge in [0.15, 0.2) is 0 Å². The van der Waals surface area contributed by atoms with Crippen molar-refractivity contribution in [2.45, 2.75) is 6.42 Å². The molecule has 0 spiro atoms. The van der Waals surface area contributed by atoms with Gasteiger partial charge < -0.3 is 0 Å². The average molecular weight is 157 g/mol. The second kappa shape index (κ2) is 2.94. The number of benzene rings is 1. The van der Waals surface area contributed by atoms with Crippen molar-refractivity contribution in [2.24, 2.45) is 4.99 Å². The second-order valence-corrected chi connectivity index (χ2v) is 2.92. The maximum Gasteiger partial charge on any atom is 0.0389 e. The third kappa shape index (κ3) is 1.18. The molecular formula is C11H11N. The van der Waals surface area contributed by atoms with Gasteiger partial charge in [-0.2, -0.15) is 0 Å². The molecule has 1 aliphatic rings. The number of allylic oxidation sites excluding steroid dienone is 1. The van der Waals surface area contributed by atoms with Crippen LogP contribution in [0.5, 0.6) is 0 Å². The summed E-state index contributed by atoms with van der Waals surface area (Å²) in [5.41, 5.74) is 3.86. The minimum atomic E-state index is 0.975. The van der Waals surface area contributed by atoms with E-state index in [9.17, 15) is 0 Å².